The molecule has 1 amide bonds. The number of pyridine rings is 1. The Bertz CT molecular complexity index is 1650. The number of fused-ring (bicyclic) bond motifs is 3. The summed E-state index contributed by atoms with van der Waals surface area (Å²) in [6.07, 6.45) is 6.17. The second-order valence-corrected chi connectivity index (χ2v) is 12.2. The Morgan fingerprint density at radius 3 is 2.51 bits per heavy atom. The lowest BCUT2D eigenvalue weighted by molar-refractivity contribution is -0.142. The number of nitrogens with one attached hydrogen (secondary N) is 1. The van der Waals surface area contributed by atoms with Crippen LogP contribution in [0, 0.1) is 17.8 Å². The predicted octanol–water partition coefficient (Wildman–Crippen LogP) is 7.34. The van der Waals surface area contributed by atoms with Crippen molar-refractivity contribution in [2.75, 3.05) is 5.32 Å². The van der Waals surface area contributed by atoms with Crippen LogP contribution in [0.4, 0.5) is 5.69 Å². The van der Waals surface area contributed by atoms with Gasteiger partial charge in [-0.05, 0) is 74.3 Å². The molecule has 4 aromatic rings. The third-order valence-electron chi connectivity index (χ3n) is 8.68. The van der Waals surface area contributed by atoms with E-state index in [1.165, 1.54) is 6.20 Å². The van der Waals surface area contributed by atoms with Crippen molar-refractivity contribution in [2.24, 2.45) is 17.8 Å². The van der Waals surface area contributed by atoms with Gasteiger partial charge in [-0.1, -0.05) is 40.5 Å². The van der Waals surface area contributed by atoms with Crippen molar-refractivity contribution in [1.82, 2.24) is 10.1 Å². The van der Waals surface area contributed by atoms with Crippen LogP contribution in [0.25, 0.3) is 22.2 Å². The molecular weight excluding hydrogens is 565 g/mol. The first kappa shape index (κ1) is 26.4. The van der Waals surface area contributed by atoms with Crippen LogP contribution in [0.3, 0.4) is 0 Å². The van der Waals surface area contributed by atoms with Gasteiger partial charge >= 0.3 is 5.97 Å². The zero-order chi connectivity index (χ0) is 28.2. The SMILES string of the molecule is O=C(O)c1cnc2cc(NC(=O)C3C4CC(OCc5c(-c6c(Cl)cccc6Cl)noc5C5CC5)CC3C4)ccc2c1. The van der Waals surface area contributed by atoms with Gasteiger partial charge in [0.05, 0.1) is 33.8 Å². The zero-order valence-electron chi connectivity index (χ0n) is 22.0. The quantitative estimate of drug-likeness (QED) is 0.220. The first-order valence-corrected chi connectivity index (χ1v) is 14.6. The molecular formula is C31H27Cl2N3O5. The van der Waals surface area contributed by atoms with E-state index in [2.05, 4.69) is 15.5 Å². The van der Waals surface area contributed by atoms with Crippen molar-refractivity contribution in [2.45, 2.75) is 50.7 Å². The Hall–Kier alpha value is -3.46. The Kier molecular flexibility index (Phi) is 6.72. The minimum absolute atomic E-state index is 0.0110. The highest BCUT2D eigenvalue weighted by atomic mass is 35.5. The molecule has 4 saturated carbocycles. The summed E-state index contributed by atoms with van der Waals surface area (Å²) < 4.78 is 12.2. The van der Waals surface area contributed by atoms with Crippen LogP contribution in [0.5, 0.6) is 0 Å². The summed E-state index contributed by atoms with van der Waals surface area (Å²) in [7, 11) is 0. The van der Waals surface area contributed by atoms with Gasteiger partial charge in [0.15, 0.2) is 0 Å². The number of anilines is 1. The van der Waals surface area contributed by atoms with Crippen LogP contribution >= 0.6 is 23.2 Å². The largest absolute Gasteiger partial charge is 0.478 e. The van der Waals surface area contributed by atoms with Gasteiger partial charge in [-0.2, -0.15) is 0 Å². The van der Waals surface area contributed by atoms with Crippen LogP contribution in [0.15, 0.2) is 53.2 Å². The van der Waals surface area contributed by atoms with E-state index in [4.69, 9.17) is 32.5 Å². The first-order valence-electron chi connectivity index (χ1n) is 13.8. The molecule has 0 saturated heterocycles. The van der Waals surface area contributed by atoms with Crippen molar-refractivity contribution in [3.05, 3.63) is 75.6 Å². The Morgan fingerprint density at radius 2 is 1.80 bits per heavy atom. The van der Waals surface area contributed by atoms with Crippen LogP contribution in [0.1, 0.15) is 59.7 Å². The van der Waals surface area contributed by atoms with Crippen molar-refractivity contribution in [3.8, 4) is 11.3 Å². The third-order valence-corrected chi connectivity index (χ3v) is 9.31. The van der Waals surface area contributed by atoms with Gasteiger partial charge in [-0.15, -0.1) is 0 Å². The Balaban J connectivity index is 1.01. The second-order valence-electron chi connectivity index (χ2n) is 11.4. The molecule has 41 heavy (non-hydrogen) atoms. The monoisotopic (exact) mass is 591 g/mol. The molecule has 2 aromatic heterocycles. The summed E-state index contributed by atoms with van der Waals surface area (Å²) in [5, 5.41) is 18.3. The number of carbonyl (C=O) groups is 2. The highest BCUT2D eigenvalue weighted by molar-refractivity contribution is 6.39. The molecule has 8 rings (SSSR count). The highest BCUT2D eigenvalue weighted by Gasteiger charge is 2.51. The molecule has 8 nitrogen and oxygen atoms in total. The summed E-state index contributed by atoms with van der Waals surface area (Å²) in [4.78, 5) is 28.7. The summed E-state index contributed by atoms with van der Waals surface area (Å²) in [6, 6.07) is 12.3. The number of halogens is 2. The fraction of sp³-hybridized carbons (Fsp3) is 0.355. The number of amides is 1. The van der Waals surface area contributed by atoms with Crippen LogP contribution in [-0.2, 0) is 16.1 Å². The number of hydrogen-bond donors (Lipinski definition) is 2. The minimum Gasteiger partial charge on any atom is -0.478 e. The summed E-state index contributed by atoms with van der Waals surface area (Å²) >= 11 is 13.0. The van der Waals surface area contributed by atoms with Crippen molar-refractivity contribution in [3.63, 3.8) is 0 Å². The maximum absolute atomic E-state index is 13.2. The number of nitrogens with zero attached hydrogens (tertiary/aromatic N) is 2. The fourth-order valence-corrected chi connectivity index (χ4v) is 7.06. The first-order chi connectivity index (χ1) is 19.9. The summed E-state index contributed by atoms with van der Waals surface area (Å²) in [5.74, 6) is 0.675. The van der Waals surface area contributed by atoms with Crippen molar-refractivity contribution in [1.29, 1.82) is 0 Å². The van der Waals surface area contributed by atoms with E-state index in [-0.39, 0.29) is 35.3 Å². The van der Waals surface area contributed by atoms with Gasteiger partial charge in [0, 0.05) is 40.2 Å². The number of aromatic carboxylic acids is 1. The van der Waals surface area contributed by atoms with E-state index in [1.54, 1.807) is 42.5 Å². The number of carboxylic acids is 1. The average molecular weight is 592 g/mol. The molecule has 0 aliphatic heterocycles. The van der Waals surface area contributed by atoms with Crippen molar-refractivity contribution < 1.29 is 24.0 Å². The summed E-state index contributed by atoms with van der Waals surface area (Å²) in [5.41, 5.74) is 3.64. The molecule has 2 bridgehead atoms. The summed E-state index contributed by atoms with van der Waals surface area (Å²) in [6.45, 7) is 0.362. The van der Waals surface area contributed by atoms with E-state index in [9.17, 15) is 14.7 Å². The van der Waals surface area contributed by atoms with E-state index in [0.717, 1.165) is 43.4 Å². The molecule has 4 aliphatic rings. The lowest BCUT2D eigenvalue weighted by atomic mass is 9.56. The number of rotatable bonds is 8. The molecule has 4 aliphatic carbocycles. The standard InChI is InChI=1S/C31H27Cl2N3O5/c32-23-2-1-3-24(33)27(23)28-22(29(41-36-28)15-4-5-15)14-40-21-10-17-9-18(11-21)26(17)30(37)35-20-7-6-16-8-19(31(38)39)13-34-25(16)12-20/h1-3,6-8,12-13,15,17-18,21,26H,4-5,9-11,14H2,(H,35,37)(H,38,39). The van der Waals surface area contributed by atoms with Gasteiger partial charge in [-0.3, -0.25) is 9.78 Å². The molecule has 4 fully saturated rings. The molecule has 0 radical (unpaired) electrons. The Labute approximate surface area is 246 Å². The zero-order valence-corrected chi connectivity index (χ0v) is 23.5. The van der Waals surface area contributed by atoms with Crippen LogP contribution in [0.2, 0.25) is 10.0 Å². The molecule has 2 unspecified atom stereocenters. The third kappa shape index (κ3) is 4.98. The van der Waals surface area contributed by atoms with Crippen LogP contribution < -0.4 is 5.32 Å². The van der Waals surface area contributed by atoms with E-state index >= 15 is 0 Å². The molecule has 2 N–H and O–H groups in total. The molecule has 2 atom stereocenters. The van der Waals surface area contributed by atoms with E-state index < -0.39 is 5.97 Å². The number of carboxylic acid groups (broad SMARTS) is 1. The van der Waals surface area contributed by atoms with Gasteiger partial charge in [0.25, 0.3) is 0 Å². The smallest absolute Gasteiger partial charge is 0.337 e. The topological polar surface area (TPSA) is 115 Å². The van der Waals surface area contributed by atoms with Gasteiger partial charge in [0.1, 0.15) is 11.5 Å². The maximum Gasteiger partial charge on any atom is 0.337 e. The number of carbonyl (C=O) groups excluding carboxylic acids is 1. The van der Waals surface area contributed by atoms with E-state index in [0.29, 0.717) is 50.4 Å². The van der Waals surface area contributed by atoms with Crippen LogP contribution in [-0.4, -0.2) is 33.2 Å². The Morgan fingerprint density at radius 1 is 1.05 bits per heavy atom. The van der Waals surface area contributed by atoms with Gasteiger partial charge in [0.2, 0.25) is 5.91 Å². The minimum atomic E-state index is -1.02. The van der Waals surface area contributed by atoms with Crippen molar-refractivity contribution >= 4 is 51.7 Å². The lowest BCUT2D eigenvalue weighted by Gasteiger charge is -2.51. The van der Waals surface area contributed by atoms with E-state index in [1.807, 2.05) is 0 Å². The highest BCUT2D eigenvalue weighted by Crippen LogP contribution is 2.52. The molecule has 0 spiro atoms. The predicted molar refractivity (Wildman–Crippen MR) is 154 cm³/mol. The number of hydrogen-bond acceptors (Lipinski definition) is 6. The second kappa shape index (κ2) is 10.4. The number of aromatic nitrogens is 2. The fourth-order valence-electron chi connectivity index (χ4n) is 6.48. The molecule has 2 aromatic carbocycles. The van der Waals surface area contributed by atoms with Gasteiger partial charge in [-0.25, -0.2) is 4.79 Å². The molecule has 210 valence electrons. The number of ether oxygens (including phenoxy) is 1. The lowest BCUT2D eigenvalue weighted by Crippen LogP contribution is -2.51. The molecule has 2 heterocycles. The average Bonchev–Trinajstić information content (AvgIpc) is 3.71. The van der Waals surface area contributed by atoms with Gasteiger partial charge < -0.3 is 19.7 Å². The maximum atomic E-state index is 13.2. The number of benzene rings is 2. The molecule has 10 heteroatoms. The normalized spacial score (nSPS) is 23.3.